The Morgan fingerprint density at radius 3 is 0.925 bits per heavy atom. The largest absolute Gasteiger partial charge is 0.435 e. The maximum absolute atomic E-state index is 11.8. The fourth-order valence-corrected chi connectivity index (χ4v) is 4.91. The first kappa shape index (κ1) is 38.4. The second-order valence-electron chi connectivity index (χ2n) is 11.6. The Bertz CT molecular complexity index is 544. The molecule has 0 aromatic heterocycles. The quantitative estimate of drug-likeness (QED) is 0.0479. The topological polar surface area (TPSA) is 52.6 Å². The monoisotopic (exact) mass is 562 g/mol. The van der Waals surface area contributed by atoms with Crippen LogP contribution in [0.1, 0.15) is 194 Å². The standard InChI is InChI=1S/C36H66O4/c1-3-5-7-9-11-13-15-17-19-21-23-25-27-29-33-39-35(37)31-32-36(38)40-34-30-28-26-24-22-20-18-16-14-12-10-8-6-4-2/h29-30,33-34H,3-28,31-32H2,1-2H3/b33-29+,34-30+. The van der Waals surface area contributed by atoms with E-state index < -0.39 is 0 Å². The first-order valence-electron chi connectivity index (χ1n) is 17.4. The van der Waals surface area contributed by atoms with Gasteiger partial charge in [-0.25, -0.2) is 0 Å². The SMILES string of the molecule is CCCCCCCCCCCCCC/C=C/OC(=O)CCC(=O)O/C=C/CCCCCCCCCCCCCC. The molecule has 0 atom stereocenters. The van der Waals surface area contributed by atoms with Crippen LogP contribution >= 0.6 is 0 Å². The van der Waals surface area contributed by atoms with Crippen molar-refractivity contribution < 1.29 is 19.1 Å². The molecule has 0 heterocycles. The summed E-state index contributed by atoms with van der Waals surface area (Å²) in [7, 11) is 0. The average molecular weight is 563 g/mol. The molecule has 0 spiro atoms. The highest BCUT2D eigenvalue weighted by Crippen LogP contribution is 2.14. The summed E-state index contributed by atoms with van der Waals surface area (Å²) in [5.41, 5.74) is 0. The zero-order chi connectivity index (χ0) is 29.2. The third kappa shape index (κ3) is 32.6. The number of carbonyl (C=O) groups is 2. The number of rotatable bonds is 31. The molecule has 0 N–H and O–H groups in total. The van der Waals surface area contributed by atoms with E-state index in [1.165, 1.54) is 154 Å². The Kier molecular flexibility index (Phi) is 32.3. The smallest absolute Gasteiger partial charge is 0.311 e. The molecule has 0 fully saturated rings. The Hall–Kier alpha value is -1.58. The van der Waals surface area contributed by atoms with Gasteiger partial charge in [-0.2, -0.15) is 0 Å². The van der Waals surface area contributed by atoms with Crippen molar-refractivity contribution in [3.63, 3.8) is 0 Å². The fraction of sp³-hybridized carbons (Fsp3) is 0.833. The van der Waals surface area contributed by atoms with Gasteiger partial charge in [0.15, 0.2) is 0 Å². The lowest BCUT2D eigenvalue weighted by Gasteiger charge is -2.02. The summed E-state index contributed by atoms with van der Waals surface area (Å²) in [5, 5.41) is 0. The minimum Gasteiger partial charge on any atom is -0.435 e. The summed E-state index contributed by atoms with van der Waals surface area (Å²) in [6.45, 7) is 4.53. The van der Waals surface area contributed by atoms with Crippen LogP contribution in [0, 0.1) is 0 Å². The van der Waals surface area contributed by atoms with Gasteiger partial charge in [-0.05, 0) is 37.8 Å². The maximum Gasteiger partial charge on any atom is 0.311 e. The van der Waals surface area contributed by atoms with E-state index in [-0.39, 0.29) is 24.8 Å². The van der Waals surface area contributed by atoms with E-state index in [0.717, 1.165) is 25.7 Å². The minimum absolute atomic E-state index is 0.0500. The van der Waals surface area contributed by atoms with Crippen molar-refractivity contribution in [2.75, 3.05) is 0 Å². The van der Waals surface area contributed by atoms with Crippen molar-refractivity contribution in [3.8, 4) is 0 Å². The molecule has 0 rings (SSSR count). The molecule has 0 bridgehead atoms. The van der Waals surface area contributed by atoms with Crippen LogP contribution in [0.5, 0.6) is 0 Å². The molecule has 0 saturated carbocycles. The van der Waals surface area contributed by atoms with E-state index in [9.17, 15) is 9.59 Å². The summed E-state index contributed by atoms with van der Waals surface area (Å²) >= 11 is 0. The summed E-state index contributed by atoms with van der Waals surface area (Å²) in [6, 6.07) is 0. The van der Waals surface area contributed by atoms with Crippen molar-refractivity contribution >= 4 is 11.9 Å². The highest BCUT2D eigenvalue weighted by atomic mass is 16.5. The lowest BCUT2D eigenvalue weighted by atomic mass is 10.0. The van der Waals surface area contributed by atoms with Gasteiger partial charge in [0.25, 0.3) is 0 Å². The molecule has 0 aliphatic rings. The second kappa shape index (κ2) is 33.6. The normalized spacial score (nSPS) is 11.6. The van der Waals surface area contributed by atoms with E-state index in [4.69, 9.17) is 9.47 Å². The fourth-order valence-electron chi connectivity index (χ4n) is 4.91. The Morgan fingerprint density at radius 1 is 0.400 bits per heavy atom. The average Bonchev–Trinajstić information content (AvgIpc) is 2.96. The molecule has 0 aliphatic carbocycles. The molecular weight excluding hydrogens is 496 g/mol. The number of unbranched alkanes of at least 4 members (excludes halogenated alkanes) is 24. The highest BCUT2D eigenvalue weighted by molar-refractivity contribution is 5.78. The number of ether oxygens (including phenoxy) is 2. The number of hydrogen-bond donors (Lipinski definition) is 0. The summed E-state index contributed by atoms with van der Waals surface area (Å²) in [6.07, 6.45) is 40.8. The molecular formula is C36H66O4. The number of hydrogen-bond acceptors (Lipinski definition) is 4. The van der Waals surface area contributed by atoms with Crippen LogP contribution in [0.2, 0.25) is 0 Å². The van der Waals surface area contributed by atoms with E-state index in [0.29, 0.717) is 0 Å². The third-order valence-electron chi connectivity index (χ3n) is 7.57. The number of allylic oxidation sites excluding steroid dienone is 2. The maximum atomic E-state index is 11.8. The van der Waals surface area contributed by atoms with Crippen LogP contribution in [0.4, 0.5) is 0 Å². The van der Waals surface area contributed by atoms with Gasteiger partial charge in [0, 0.05) is 0 Å². The van der Waals surface area contributed by atoms with Crippen LogP contribution in [0.15, 0.2) is 24.7 Å². The minimum atomic E-state index is -0.386. The summed E-state index contributed by atoms with van der Waals surface area (Å²) in [5.74, 6) is -0.772. The molecule has 0 radical (unpaired) electrons. The van der Waals surface area contributed by atoms with Crippen LogP contribution in [0.3, 0.4) is 0 Å². The van der Waals surface area contributed by atoms with Crippen LogP contribution in [0.25, 0.3) is 0 Å². The van der Waals surface area contributed by atoms with E-state index >= 15 is 0 Å². The zero-order valence-electron chi connectivity index (χ0n) is 26.7. The van der Waals surface area contributed by atoms with Crippen molar-refractivity contribution in [1.82, 2.24) is 0 Å². The van der Waals surface area contributed by atoms with Crippen LogP contribution < -0.4 is 0 Å². The highest BCUT2D eigenvalue weighted by Gasteiger charge is 2.07. The molecule has 0 aliphatic heterocycles. The molecule has 0 amide bonds. The van der Waals surface area contributed by atoms with E-state index in [1.54, 1.807) is 0 Å². The van der Waals surface area contributed by atoms with Crippen LogP contribution in [-0.4, -0.2) is 11.9 Å². The number of carbonyl (C=O) groups excluding carboxylic acids is 2. The molecule has 0 aromatic carbocycles. The lowest BCUT2D eigenvalue weighted by Crippen LogP contribution is -2.06. The number of esters is 2. The first-order chi connectivity index (χ1) is 19.7. The Labute approximate surface area is 249 Å². The van der Waals surface area contributed by atoms with Gasteiger partial charge in [-0.15, -0.1) is 0 Å². The second-order valence-corrected chi connectivity index (χ2v) is 11.6. The van der Waals surface area contributed by atoms with E-state index in [2.05, 4.69) is 13.8 Å². The first-order valence-corrected chi connectivity index (χ1v) is 17.4. The summed E-state index contributed by atoms with van der Waals surface area (Å²) in [4.78, 5) is 23.6. The van der Waals surface area contributed by atoms with Gasteiger partial charge in [-0.3, -0.25) is 9.59 Å². The van der Waals surface area contributed by atoms with Gasteiger partial charge in [0.05, 0.1) is 25.4 Å². The van der Waals surface area contributed by atoms with Gasteiger partial charge >= 0.3 is 11.9 Å². The third-order valence-corrected chi connectivity index (χ3v) is 7.57. The van der Waals surface area contributed by atoms with Crippen molar-refractivity contribution in [3.05, 3.63) is 24.7 Å². The van der Waals surface area contributed by atoms with Crippen LogP contribution in [-0.2, 0) is 19.1 Å². The van der Waals surface area contributed by atoms with E-state index in [1.807, 2.05) is 12.2 Å². The molecule has 4 nitrogen and oxygen atoms in total. The zero-order valence-corrected chi connectivity index (χ0v) is 26.7. The molecule has 234 valence electrons. The predicted octanol–water partition coefficient (Wildman–Crippen LogP) is 12.1. The molecule has 0 aromatic rings. The van der Waals surface area contributed by atoms with Crippen molar-refractivity contribution in [2.24, 2.45) is 0 Å². The van der Waals surface area contributed by atoms with Gasteiger partial charge < -0.3 is 9.47 Å². The predicted molar refractivity (Wildman–Crippen MR) is 171 cm³/mol. The lowest BCUT2D eigenvalue weighted by molar-refractivity contribution is -0.144. The Morgan fingerprint density at radius 2 is 0.650 bits per heavy atom. The molecule has 0 unspecified atom stereocenters. The van der Waals surface area contributed by atoms with Gasteiger partial charge in [0.2, 0.25) is 0 Å². The van der Waals surface area contributed by atoms with Crippen molar-refractivity contribution in [2.45, 2.75) is 194 Å². The molecule has 40 heavy (non-hydrogen) atoms. The van der Waals surface area contributed by atoms with Gasteiger partial charge in [0.1, 0.15) is 0 Å². The van der Waals surface area contributed by atoms with Crippen molar-refractivity contribution in [1.29, 1.82) is 0 Å². The molecule has 4 heteroatoms. The van der Waals surface area contributed by atoms with Gasteiger partial charge in [-0.1, -0.05) is 155 Å². The molecule has 0 saturated heterocycles. The summed E-state index contributed by atoms with van der Waals surface area (Å²) < 4.78 is 10.2. The Balaban J connectivity index is 3.41.